The molecule has 16 heavy (non-hydrogen) atoms. The summed E-state index contributed by atoms with van der Waals surface area (Å²) < 4.78 is 5.33. The van der Waals surface area contributed by atoms with Gasteiger partial charge >= 0.3 is 0 Å². The number of anilines is 1. The van der Waals surface area contributed by atoms with Gasteiger partial charge in [0.25, 0.3) is 0 Å². The average Bonchev–Trinajstić information content (AvgIpc) is 2.30. The number of rotatable bonds is 3. The maximum atomic E-state index is 6.14. The second kappa shape index (κ2) is 5.34. The Morgan fingerprint density at radius 1 is 1.56 bits per heavy atom. The lowest BCUT2D eigenvalue weighted by Gasteiger charge is -2.30. The van der Waals surface area contributed by atoms with E-state index in [1.807, 2.05) is 6.92 Å². The maximum Gasteiger partial charge on any atom is 0.234 e. The quantitative estimate of drug-likeness (QED) is 0.760. The number of hydrogen-bond donors (Lipinski definition) is 0. The highest BCUT2D eigenvalue weighted by Gasteiger charge is 2.19. The van der Waals surface area contributed by atoms with Crippen molar-refractivity contribution in [2.45, 2.75) is 25.1 Å². The van der Waals surface area contributed by atoms with Crippen LogP contribution in [0.1, 0.15) is 19.8 Å². The Bertz CT molecular complexity index is 348. The van der Waals surface area contributed by atoms with Gasteiger partial charge in [-0.15, -0.1) is 11.6 Å². The van der Waals surface area contributed by atoms with Crippen molar-refractivity contribution >= 4 is 17.4 Å². The zero-order valence-electron chi connectivity index (χ0n) is 9.40. The predicted molar refractivity (Wildman–Crippen MR) is 64.3 cm³/mol. The minimum atomic E-state index is 0.214. The van der Waals surface area contributed by atoms with Crippen LogP contribution in [-0.2, 0) is 0 Å². The Morgan fingerprint density at radius 3 is 3.19 bits per heavy atom. The first-order chi connectivity index (χ1) is 7.79. The Balaban J connectivity index is 2.09. The smallest absolute Gasteiger partial charge is 0.234 e. The van der Waals surface area contributed by atoms with E-state index in [1.165, 1.54) is 0 Å². The Labute approximate surface area is 101 Å². The van der Waals surface area contributed by atoms with Crippen molar-refractivity contribution in [1.29, 1.82) is 0 Å². The molecule has 0 saturated carbocycles. The summed E-state index contributed by atoms with van der Waals surface area (Å²) in [6, 6.07) is 0. The molecule has 1 aliphatic heterocycles. The van der Waals surface area contributed by atoms with Crippen LogP contribution in [0.5, 0.6) is 5.88 Å². The molecule has 2 rings (SSSR count). The molecule has 5 heteroatoms. The van der Waals surface area contributed by atoms with Gasteiger partial charge in [-0.1, -0.05) is 0 Å². The highest BCUT2D eigenvalue weighted by Crippen LogP contribution is 2.21. The van der Waals surface area contributed by atoms with Gasteiger partial charge in [-0.2, -0.15) is 4.98 Å². The summed E-state index contributed by atoms with van der Waals surface area (Å²) >= 11 is 6.14. The largest absolute Gasteiger partial charge is 0.477 e. The van der Waals surface area contributed by atoms with E-state index in [-0.39, 0.29) is 5.38 Å². The molecule has 0 amide bonds. The number of aromatic nitrogens is 2. The van der Waals surface area contributed by atoms with Crippen molar-refractivity contribution in [2.24, 2.45) is 0 Å². The molecule has 1 fully saturated rings. The number of halogens is 1. The van der Waals surface area contributed by atoms with Crippen molar-refractivity contribution in [3.8, 4) is 5.88 Å². The van der Waals surface area contributed by atoms with E-state index < -0.39 is 0 Å². The van der Waals surface area contributed by atoms with Gasteiger partial charge in [0.05, 0.1) is 24.4 Å². The highest BCUT2D eigenvalue weighted by atomic mass is 35.5. The minimum absolute atomic E-state index is 0.214. The zero-order valence-corrected chi connectivity index (χ0v) is 10.2. The molecule has 4 nitrogen and oxygen atoms in total. The van der Waals surface area contributed by atoms with Crippen LogP contribution >= 0.6 is 11.6 Å². The molecule has 0 aliphatic carbocycles. The van der Waals surface area contributed by atoms with Crippen LogP contribution in [-0.4, -0.2) is 35.0 Å². The Kier molecular flexibility index (Phi) is 3.83. The van der Waals surface area contributed by atoms with Crippen LogP contribution in [0.2, 0.25) is 0 Å². The molecule has 1 aromatic heterocycles. The van der Waals surface area contributed by atoms with Crippen LogP contribution in [0.25, 0.3) is 0 Å². The van der Waals surface area contributed by atoms with Crippen LogP contribution in [0.4, 0.5) is 5.82 Å². The molecule has 0 N–H and O–H groups in total. The summed E-state index contributed by atoms with van der Waals surface area (Å²) in [5.74, 6) is 1.44. The molecule has 0 bridgehead atoms. The summed E-state index contributed by atoms with van der Waals surface area (Å²) in [4.78, 5) is 10.7. The third kappa shape index (κ3) is 2.76. The number of ether oxygens (including phenoxy) is 1. The van der Waals surface area contributed by atoms with E-state index in [1.54, 1.807) is 12.4 Å². The fraction of sp³-hybridized carbons (Fsp3) is 0.636. The van der Waals surface area contributed by atoms with E-state index in [0.29, 0.717) is 12.5 Å². The zero-order chi connectivity index (χ0) is 11.4. The van der Waals surface area contributed by atoms with E-state index in [2.05, 4.69) is 14.9 Å². The second-order valence-corrected chi connectivity index (χ2v) is 4.45. The minimum Gasteiger partial charge on any atom is -0.477 e. The molecule has 1 atom stereocenters. The maximum absolute atomic E-state index is 6.14. The molecule has 1 unspecified atom stereocenters. The highest BCUT2D eigenvalue weighted by molar-refractivity contribution is 6.21. The van der Waals surface area contributed by atoms with Crippen LogP contribution in [0, 0.1) is 0 Å². The number of piperidine rings is 1. The molecule has 1 aromatic rings. The van der Waals surface area contributed by atoms with Gasteiger partial charge in [-0.25, -0.2) is 0 Å². The fourth-order valence-corrected chi connectivity index (χ4v) is 2.16. The summed E-state index contributed by atoms with van der Waals surface area (Å²) in [7, 11) is 0. The van der Waals surface area contributed by atoms with Crippen molar-refractivity contribution < 1.29 is 4.74 Å². The molecule has 0 spiro atoms. The SMILES string of the molecule is CCOc1cncc(N2CCCC(Cl)C2)n1. The van der Waals surface area contributed by atoms with Crippen molar-refractivity contribution in [2.75, 3.05) is 24.6 Å². The van der Waals surface area contributed by atoms with E-state index >= 15 is 0 Å². The third-order valence-corrected chi connectivity index (χ3v) is 2.94. The van der Waals surface area contributed by atoms with Crippen LogP contribution < -0.4 is 9.64 Å². The third-order valence-electron chi connectivity index (χ3n) is 2.58. The Hall–Kier alpha value is -1.03. The monoisotopic (exact) mass is 241 g/mol. The first-order valence-electron chi connectivity index (χ1n) is 5.63. The molecule has 88 valence electrons. The average molecular weight is 242 g/mol. The molecular weight excluding hydrogens is 226 g/mol. The summed E-state index contributed by atoms with van der Waals surface area (Å²) in [5.41, 5.74) is 0. The molecule has 0 radical (unpaired) electrons. The van der Waals surface area contributed by atoms with Crippen LogP contribution in [0.3, 0.4) is 0 Å². The standard InChI is InChI=1S/C11H16ClN3O/c1-2-16-11-7-13-6-10(14-11)15-5-3-4-9(12)8-15/h6-7,9H,2-5,8H2,1H3. The van der Waals surface area contributed by atoms with Crippen LogP contribution in [0.15, 0.2) is 12.4 Å². The fourth-order valence-electron chi connectivity index (χ4n) is 1.84. The van der Waals surface area contributed by atoms with Gasteiger partial charge < -0.3 is 9.64 Å². The lowest BCUT2D eigenvalue weighted by Crippen LogP contribution is -2.36. The van der Waals surface area contributed by atoms with E-state index in [4.69, 9.17) is 16.3 Å². The molecule has 2 heterocycles. The van der Waals surface area contributed by atoms with Gasteiger partial charge in [0.1, 0.15) is 0 Å². The summed E-state index contributed by atoms with van der Waals surface area (Å²) in [5, 5.41) is 0.214. The molecule has 1 aliphatic rings. The molecular formula is C11H16ClN3O. The predicted octanol–water partition coefficient (Wildman–Crippen LogP) is 2.08. The number of nitrogens with zero attached hydrogens (tertiary/aromatic N) is 3. The summed E-state index contributed by atoms with van der Waals surface area (Å²) in [6.45, 7) is 4.37. The first-order valence-corrected chi connectivity index (χ1v) is 6.07. The lowest BCUT2D eigenvalue weighted by atomic mass is 10.1. The second-order valence-electron chi connectivity index (χ2n) is 3.83. The van der Waals surface area contributed by atoms with E-state index in [9.17, 15) is 0 Å². The summed E-state index contributed by atoms with van der Waals surface area (Å²) in [6.07, 6.45) is 5.58. The number of alkyl halides is 1. The topological polar surface area (TPSA) is 38.2 Å². The van der Waals surface area contributed by atoms with Gasteiger partial charge in [-0.05, 0) is 19.8 Å². The van der Waals surface area contributed by atoms with E-state index in [0.717, 1.165) is 31.7 Å². The van der Waals surface area contributed by atoms with Gasteiger partial charge in [0.2, 0.25) is 5.88 Å². The normalized spacial score (nSPS) is 20.9. The van der Waals surface area contributed by atoms with Crippen molar-refractivity contribution in [1.82, 2.24) is 9.97 Å². The molecule has 0 aromatic carbocycles. The Morgan fingerprint density at radius 2 is 2.44 bits per heavy atom. The van der Waals surface area contributed by atoms with Gasteiger partial charge in [0.15, 0.2) is 5.82 Å². The lowest BCUT2D eigenvalue weighted by molar-refractivity contribution is 0.325. The first kappa shape index (κ1) is 11.5. The van der Waals surface area contributed by atoms with Crippen molar-refractivity contribution in [3.63, 3.8) is 0 Å². The van der Waals surface area contributed by atoms with Gasteiger partial charge in [-0.3, -0.25) is 4.98 Å². The number of hydrogen-bond acceptors (Lipinski definition) is 4. The van der Waals surface area contributed by atoms with Gasteiger partial charge in [0, 0.05) is 13.1 Å². The molecule has 1 saturated heterocycles. The van der Waals surface area contributed by atoms with Crippen molar-refractivity contribution in [3.05, 3.63) is 12.4 Å².